The molecule has 0 bridgehead atoms. The quantitative estimate of drug-likeness (QED) is 0.771. The van der Waals surface area contributed by atoms with Crippen molar-refractivity contribution in [1.82, 2.24) is 0 Å². The molecule has 2 nitrogen and oxygen atoms in total. The van der Waals surface area contributed by atoms with E-state index in [4.69, 9.17) is 0 Å². The largest absolute Gasteiger partial charge is 0.391 e. The molecule has 1 N–H and O–H groups in total. The lowest BCUT2D eigenvalue weighted by Gasteiger charge is -2.34. The molecule has 2 aromatic rings. The molecule has 0 amide bonds. The summed E-state index contributed by atoms with van der Waals surface area (Å²) in [5, 5.41) is 9.41. The number of hydrogen-bond acceptors (Lipinski definition) is 1. The molecule has 0 radical (unpaired) electrons. The van der Waals surface area contributed by atoms with E-state index in [0.717, 1.165) is 29.7 Å². The van der Waals surface area contributed by atoms with Gasteiger partial charge in [-0.2, -0.15) is 0 Å². The van der Waals surface area contributed by atoms with Gasteiger partial charge in [0.1, 0.15) is 19.6 Å². The van der Waals surface area contributed by atoms with E-state index in [9.17, 15) is 5.11 Å². The van der Waals surface area contributed by atoms with Crippen LogP contribution in [0.3, 0.4) is 0 Å². The predicted octanol–water partition coefficient (Wildman–Crippen LogP) is 3.47. The van der Waals surface area contributed by atoms with Crippen LogP contribution in [0.5, 0.6) is 0 Å². The number of aliphatic hydroxyl groups excluding tert-OH is 1. The zero-order valence-electron chi connectivity index (χ0n) is 12.7. The van der Waals surface area contributed by atoms with Crippen molar-refractivity contribution in [3.8, 4) is 0 Å². The second kappa shape index (κ2) is 7.21. The zero-order chi connectivity index (χ0) is 15.1. The lowest BCUT2D eigenvalue weighted by molar-refractivity contribution is -0.935. The van der Waals surface area contributed by atoms with Crippen LogP contribution in [-0.4, -0.2) is 29.8 Å². The minimum atomic E-state index is 0.202. The van der Waals surface area contributed by atoms with Crippen LogP contribution >= 0.6 is 0 Å². The van der Waals surface area contributed by atoms with E-state index in [-0.39, 0.29) is 6.61 Å². The van der Waals surface area contributed by atoms with Gasteiger partial charge in [-0.1, -0.05) is 67.3 Å². The maximum absolute atomic E-state index is 9.41. The number of likely N-dealkylation sites (N-methyl/N-ethyl adjacent to an activating group) is 1. The Balaban J connectivity index is 2.14. The Bertz CT molecular complexity index is 562. The third kappa shape index (κ3) is 4.55. The molecule has 1 atom stereocenters. The van der Waals surface area contributed by atoms with Gasteiger partial charge in [0.15, 0.2) is 0 Å². The van der Waals surface area contributed by atoms with Crippen molar-refractivity contribution in [2.75, 3.05) is 20.2 Å². The fourth-order valence-corrected chi connectivity index (χ4v) is 2.68. The number of nitrogens with zero attached hydrogens (tertiary/aromatic N) is 1. The SMILES string of the molecule is C=Cc1ccc(C[N+](C)(CCO)Cc2ccccc2)cc1. The molecule has 110 valence electrons. The molecule has 0 spiro atoms. The lowest BCUT2D eigenvalue weighted by Crippen LogP contribution is -2.44. The van der Waals surface area contributed by atoms with Crippen molar-refractivity contribution in [3.63, 3.8) is 0 Å². The molecule has 0 saturated carbocycles. The van der Waals surface area contributed by atoms with Gasteiger partial charge in [0, 0.05) is 11.1 Å². The molecule has 0 heterocycles. The second-order valence-electron chi connectivity index (χ2n) is 5.81. The summed E-state index contributed by atoms with van der Waals surface area (Å²) in [5.41, 5.74) is 3.72. The number of rotatable bonds is 7. The number of benzene rings is 2. The number of quaternary nitrogens is 1. The fraction of sp³-hybridized carbons (Fsp3) is 0.263. The minimum absolute atomic E-state index is 0.202. The van der Waals surface area contributed by atoms with Crippen LogP contribution in [0.25, 0.3) is 6.08 Å². The van der Waals surface area contributed by atoms with Crippen molar-refractivity contribution >= 4 is 6.08 Å². The zero-order valence-corrected chi connectivity index (χ0v) is 12.7. The van der Waals surface area contributed by atoms with Crippen LogP contribution in [0.1, 0.15) is 16.7 Å². The van der Waals surface area contributed by atoms with Crippen LogP contribution in [-0.2, 0) is 13.1 Å². The highest BCUT2D eigenvalue weighted by Crippen LogP contribution is 2.17. The molecule has 0 aliphatic carbocycles. The third-order valence-corrected chi connectivity index (χ3v) is 3.83. The second-order valence-corrected chi connectivity index (χ2v) is 5.81. The highest BCUT2D eigenvalue weighted by atomic mass is 16.3. The van der Waals surface area contributed by atoms with Crippen molar-refractivity contribution in [3.05, 3.63) is 77.9 Å². The Hall–Kier alpha value is -1.90. The van der Waals surface area contributed by atoms with Gasteiger partial charge in [-0.15, -0.1) is 0 Å². The molecular formula is C19H24NO+. The first-order valence-corrected chi connectivity index (χ1v) is 7.35. The first kappa shape index (κ1) is 15.5. The first-order chi connectivity index (χ1) is 10.1. The van der Waals surface area contributed by atoms with Gasteiger partial charge >= 0.3 is 0 Å². The van der Waals surface area contributed by atoms with E-state index in [1.54, 1.807) is 0 Å². The van der Waals surface area contributed by atoms with E-state index in [0.29, 0.717) is 0 Å². The van der Waals surface area contributed by atoms with Gasteiger partial charge < -0.3 is 9.59 Å². The van der Waals surface area contributed by atoms with E-state index >= 15 is 0 Å². The summed E-state index contributed by atoms with van der Waals surface area (Å²) in [7, 11) is 2.20. The Morgan fingerprint density at radius 2 is 1.52 bits per heavy atom. The van der Waals surface area contributed by atoms with Crippen LogP contribution in [0.15, 0.2) is 61.2 Å². The molecule has 2 aromatic carbocycles. The molecule has 21 heavy (non-hydrogen) atoms. The van der Waals surface area contributed by atoms with Crippen molar-refractivity contribution in [2.24, 2.45) is 0 Å². The first-order valence-electron chi connectivity index (χ1n) is 7.35. The summed E-state index contributed by atoms with van der Waals surface area (Å²) < 4.78 is 0.800. The highest BCUT2D eigenvalue weighted by molar-refractivity contribution is 5.47. The van der Waals surface area contributed by atoms with E-state index < -0.39 is 0 Å². The Labute approximate surface area is 127 Å². The van der Waals surface area contributed by atoms with E-state index in [1.165, 1.54) is 11.1 Å². The molecule has 0 aliphatic heterocycles. The Morgan fingerprint density at radius 3 is 2.05 bits per heavy atom. The van der Waals surface area contributed by atoms with Gasteiger partial charge in [-0.3, -0.25) is 0 Å². The van der Waals surface area contributed by atoms with Crippen LogP contribution in [0, 0.1) is 0 Å². The average molecular weight is 282 g/mol. The third-order valence-electron chi connectivity index (χ3n) is 3.83. The summed E-state index contributed by atoms with van der Waals surface area (Å²) in [6.45, 7) is 6.56. The highest BCUT2D eigenvalue weighted by Gasteiger charge is 2.22. The molecule has 1 unspecified atom stereocenters. The maximum atomic E-state index is 9.41. The van der Waals surface area contributed by atoms with E-state index in [2.05, 4.69) is 62.2 Å². The molecular weight excluding hydrogens is 258 g/mol. The average Bonchev–Trinajstić information content (AvgIpc) is 2.49. The minimum Gasteiger partial charge on any atom is -0.391 e. The molecule has 2 heteroatoms. The standard InChI is InChI=1S/C19H24NO/c1-3-17-9-11-19(12-10-17)16-20(2,13-14-21)15-18-7-5-4-6-8-18/h3-12,21H,1,13-16H2,2H3/q+1. The van der Waals surface area contributed by atoms with Crippen LogP contribution in [0.2, 0.25) is 0 Å². The van der Waals surface area contributed by atoms with Gasteiger partial charge in [0.25, 0.3) is 0 Å². The summed E-state index contributed by atoms with van der Waals surface area (Å²) in [5.74, 6) is 0. The van der Waals surface area contributed by atoms with Crippen molar-refractivity contribution < 1.29 is 9.59 Å². The summed E-state index contributed by atoms with van der Waals surface area (Å²) in [6, 6.07) is 18.9. The normalized spacial score (nSPS) is 13.6. The predicted molar refractivity (Wildman–Crippen MR) is 88.5 cm³/mol. The molecule has 0 fully saturated rings. The molecule has 0 aromatic heterocycles. The molecule has 0 aliphatic rings. The summed E-state index contributed by atoms with van der Waals surface area (Å²) >= 11 is 0. The Morgan fingerprint density at radius 1 is 0.952 bits per heavy atom. The summed E-state index contributed by atoms with van der Waals surface area (Å²) in [6.07, 6.45) is 1.86. The lowest BCUT2D eigenvalue weighted by atomic mass is 10.1. The Kier molecular flexibility index (Phi) is 5.32. The van der Waals surface area contributed by atoms with Crippen molar-refractivity contribution in [1.29, 1.82) is 0 Å². The monoisotopic (exact) mass is 282 g/mol. The van der Waals surface area contributed by atoms with Gasteiger partial charge in [0.05, 0.1) is 13.7 Å². The molecule has 0 saturated heterocycles. The smallest absolute Gasteiger partial charge is 0.104 e. The van der Waals surface area contributed by atoms with Gasteiger partial charge in [-0.05, 0) is 5.56 Å². The van der Waals surface area contributed by atoms with Gasteiger partial charge in [0.2, 0.25) is 0 Å². The maximum Gasteiger partial charge on any atom is 0.104 e. The van der Waals surface area contributed by atoms with E-state index in [1.807, 2.05) is 12.1 Å². The van der Waals surface area contributed by atoms with Gasteiger partial charge in [-0.25, -0.2) is 0 Å². The van der Waals surface area contributed by atoms with Crippen LogP contribution in [0.4, 0.5) is 0 Å². The van der Waals surface area contributed by atoms with Crippen molar-refractivity contribution in [2.45, 2.75) is 13.1 Å². The number of hydrogen-bond donors (Lipinski definition) is 1. The number of aliphatic hydroxyl groups is 1. The topological polar surface area (TPSA) is 20.2 Å². The fourth-order valence-electron chi connectivity index (χ4n) is 2.68. The molecule has 2 rings (SSSR count). The summed E-state index contributed by atoms with van der Waals surface area (Å²) in [4.78, 5) is 0. The van der Waals surface area contributed by atoms with Crippen LogP contribution < -0.4 is 0 Å².